The van der Waals surface area contributed by atoms with Gasteiger partial charge in [-0.3, -0.25) is 29.6 Å². The Morgan fingerprint density at radius 1 is 1.23 bits per heavy atom. The maximum absolute atomic E-state index is 13.5. The van der Waals surface area contributed by atoms with Crippen molar-refractivity contribution < 1.29 is 23.8 Å². The minimum atomic E-state index is -1.03. The third-order valence-electron chi connectivity index (χ3n) is 5.33. The highest BCUT2D eigenvalue weighted by molar-refractivity contribution is 7.07. The van der Waals surface area contributed by atoms with Gasteiger partial charge in [0, 0.05) is 17.7 Å². The van der Waals surface area contributed by atoms with Crippen molar-refractivity contribution in [3.63, 3.8) is 0 Å². The number of nitro benzene ring substituents is 1. The van der Waals surface area contributed by atoms with Gasteiger partial charge in [-0.25, -0.2) is 9.79 Å². The van der Waals surface area contributed by atoms with E-state index in [0.717, 1.165) is 11.3 Å². The summed E-state index contributed by atoms with van der Waals surface area (Å²) in [5, 5.41) is 22.5. The Hall–Kier alpha value is -4.39. The topological polar surface area (TPSA) is 160 Å². The van der Waals surface area contributed by atoms with Crippen LogP contribution in [0.4, 0.5) is 11.6 Å². The summed E-state index contributed by atoms with van der Waals surface area (Å²) in [6.45, 7) is 4.90. The first-order valence-corrected chi connectivity index (χ1v) is 11.1. The normalized spacial score (nSPS) is 15.5. The number of aryl methyl sites for hydroxylation is 1. The molecule has 1 aliphatic rings. The minimum Gasteiger partial charge on any atom is -0.463 e. The molecule has 0 amide bonds. The highest BCUT2D eigenvalue weighted by Crippen LogP contribution is 2.33. The van der Waals surface area contributed by atoms with Gasteiger partial charge in [0.25, 0.3) is 11.2 Å². The lowest BCUT2D eigenvalue weighted by Crippen LogP contribution is -2.40. The zero-order valence-electron chi connectivity index (χ0n) is 18.7. The van der Waals surface area contributed by atoms with Crippen molar-refractivity contribution in [2.45, 2.75) is 26.8 Å². The maximum Gasteiger partial charge on any atom is 0.433 e. The molecule has 2 aromatic heterocycles. The van der Waals surface area contributed by atoms with Crippen molar-refractivity contribution in [2.75, 3.05) is 6.61 Å². The van der Waals surface area contributed by atoms with E-state index in [4.69, 9.17) is 9.15 Å². The summed E-state index contributed by atoms with van der Waals surface area (Å²) in [5.41, 5.74) is 0.432. The van der Waals surface area contributed by atoms with Crippen LogP contribution in [0.2, 0.25) is 0 Å². The number of carbonyl (C=O) groups excluding carboxylic acids is 1. The number of rotatable bonds is 6. The van der Waals surface area contributed by atoms with Crippen LogP contribution >= 0.6 is 11.3 Å². The molecule has 0 fully saturated rings. The lowest BCUT2D eigenvalue weighted by molar-refractivity contribution is -0.402. The number of thiazole rings is 1. The monoisotopic (exact) mass is 498 g/mol. The van der Waals surface area contributed by atoms with Crippen LogP contribution in [-0.4, -0.2) is 27.0 Å². The molecule has 0 spiro atoms. The molecule has 3 aromatic rings. The lowest BCUT2D eigenvalue weighted by Gasteiger charge is -2.24. The van der Waals surface area contributed by atoms with E-state index in [1.165, 1.54) is 28.8 Å². The zero-order chi connectivity index (χ0) is 25.4. The van der Waals surface area contributed by atoms with E-state index in [0.29, 0.717) is 16.8 Å². The lowest BCUT2D eigenvalue weighted by atomic mass is 9.94. The van der Waals surface area contributed by atoms with Crippen molar-refractivity contribution >= 4 is 35.0 Å². The molecule has 1 atom stereocenters. The Kier molecular flexibility index (Phi) is 6.18. The van der Waals surface area contributed by atoms with Crippen LogP contribution < -0.4 is 14.9 Å². The van der Waals surface area contributed by atoms with Gasteiger partial charge in [0.15, 0.2) is 4.80 Å². The van der Waals surface area contributed by atoms with Gasteiger partial charge in [-0.15, -0.1) is 0 Å². The molecular formula is C22H18N4O8S. The number of fused-ring (bicyclic) bond motifs is 1. The third kappa shape index (κ3) is 4.28. The van der Waals surface area contributed by atoms with Crippen LogP contribution in [0, 0.1) is 27.2 Å². The quantitative estimate of drug-likeness (QED) is 0.285. The van der Waals surface area contributed by atoms with Crippen LogP contribution in [0.1, 0.15) is 36.8 Å². The highest BCUT2D eigenvalue weighted by atomic mass is 32.1. The fourth-order valence-corrected chi connectivity index (χ4v) is 4.77. The molecule has 4 rings (SSSR count). The highest BCUT2D eigenvalue weighted by Gasteiger charge is 2.34. The van der Waals surface area contributed by atoms with Crippen LogP contribution in [0.3, 0.4) is 0 Å². The van der Waals surface area contributed by atoms with Gasteiger partial charge in [-0.05, 0) is 32.4 Å². The second-order valence-electron chi connectivity index (χ2n) is 7.54. The molecular weight excluding hydrogens is 480 g/mol. The Balaban J connectivity index is 1.97. The standard InChI is InChI=1S/C22H18N4O8S/c1-4-33-21(28)18-12(3)23-22-24(19(18)13-6-5-11(2)15(9-13)25(29)30)20(27)16(35-22)10-14-7-8-17(34-14)26(31)32/h5-10,19H,4H2,1-3H3/b16-10+/t19-/m1/s1. The molecule has 180 valence electrons. The molecule has 0 radical (unpaired) electrons. The number of ether oxygens (including phenoxy) is 1. The first-order chi connectivity index (χ1) is 16.6. The number of benzene rings is 1. The Morgan fingerprint density at radius 2 is 1.97 bits per heavy atom. The van der Waals surface area contributed by atoms with Gasteiger partial charge in [0.1, 0.15) is 10.7 Å². The van der Waals surface area contributed by atoms with Gasteiger partial charge >= 0.3 is 11.9 Å². The molecule has 0 unspecified atom stereocenters. The van der Waals surface area contributed by atoms with Crippen LogP contribution in [-0.2, 0) is 9.53 Å². The summed E-state index contributed by atoms with van der Waals surface area (Å²) < 4.78 is 11.7. The van der Waals surface area contributed by atoms with E-state index < -0.39 is 33.3 Å². The molecule has 0 N–H and O–H groups in total. The van der Waals surface area contributed by atoms with E-state index >= 15 is 0 Å². The number of hydrogen-bond acceptors (Lipinski definition) is 10. The number of furan rings is 1. The van der Waals surface area contributed by atoms with E-state index in [9.17, 15) is 29.8 Å². The first-order valence-electron chi connectivity index (χ1n) is 10.3. The van der Waals surface area contributed by atoms with E-state index in [2.05, 4.69) is 4.99 Å². The molecule has 1 aromatic carbocycles. The zero-order valence-corrected chi connectivity index (χ0v) is 19.5. The van der Waals surface area contributed by atoms with E-state index in [1.54, 1.807) is 32.9 Å². The summed E-state index contributed by atoms with van der Waals surface area (Å²) in [6, 6.07) is 5.97. The molecule has 12 nitrogen and oxygen atoms in total. The van der Waals surface area contributed by atoms with Crippen molar-refractivity contribution in [1.29, 1.82) is 0 Å². The summed E-state index contributed by atoms with van der Waals surface area (Å²) in [6.07, 6.45) is 1.34. The minimum absolute atomic E-state index is 0.0811. The number of allylic oxidation sites excluding steroid dienone is 1. The summed E-state index contributed by atoms with van der Waals surface area (Å²) >= 11 is 0.996. The average Bonchev–Trinajstić information content (AvgIpc) is 3.38. The second kappa shape index (κ2) is 9.10. The fourth-order valence-electron chi connectivity index (χ4n) is 3.75. The number of carbonyl (C=O) groups is 1. The van der Waals surface area contributed by atoms with Crippen LogP contribution in [0.25, 0.3) is 6.08 Å². The summed E-state index contributed by atoms with van der Waals surface area (Å²) in [4.78, 5) is 52.2. The second-order valence-corrected chi connectivity index (χ2v) is 8.55. The van der Waals surface area contributed by atoms with Gasteiger partial charge < -0.3 is 9.15 Å². The van der Waals surface area contributed by atoms with E-state index in [-0.39, 0.29) is 33.0 Å². The SMILES string of the molecule is CCOC(=O)C1=C(C)N=c2s/c(=C/c3ccc([N+](=O)[O-])o3)c(=O)n2[C@@H]1c1ccc(C)c([N+](=O)[O-])c1. The molecule has 0 saturated heterocycles. The van der Waals surface area contributed by atoms with E-state index in [1.807, 2.05) is 0 Å². The predicted octanol–water partition coefficient (Wildman–Crippen LogP) is 2.52. The number of nitrogens with zero attached hydrogens (tertiary/aromatic N) is 4. The number of esters is 1. The van der Waals surface area contributed by atoms with Crippen molar-refractivity contribution in [3.05, 3.63) is 98.4 Å². The molecule has 1 aliphatic heterocycles. The van der Waals surface area contributed by atoms with Gasteiger partial charge in [-0.2, -0.15) is 0 Å². The van der Waals surface area contributed by atoms with Gasteiger partial charge in [0.05, 0.1) is 39.4 Å². The molecule has 0 saturated carbocycles. The van der Waals surface area contributed by atoms with Crippen LogP contribution in [0.15, 0.2) is 55.8 Å². The van der Waals surface area contributed by atoms with Crippen molar-refractivity contribution in [1.82, 2.24) is 4.57 Å². The number of hydrogen-bond donors (Lipinski definition) is 0. The Labute approximate surface area is 200 Å². The Bertz CT molecular complexity index is 1590. The van der Waals surface area contributed by atoms with Crippen molar-refractivity contribution in [3.8, 4) is 0 Å². The number of aromatic nitrogens is 1. The van der Waals surface area contributed by atoms with Gasteiger partial charge in [0.2, 0.25) is 0 Å². The molecule has 35 heavy (non-hydrogen) atoms. The largest absolute Gasteiger partial charge is 0.463 e. The summed E-state index contributed by atoms with van der Waals surface area (Å²) in [5.74, 6) is -1.09. The smallest absolute Gasteiger partial charge is 0.433 e. The molecule has 0 aliphatic carbocycles. The average molecular weight is 498 g/mol. The first kappa shape index (κ1) is 23.8. The molecule has 13 heteroatoms. The Morgan fingerprint density at radius 3 is 2.60 bits per heavy atom. The van der Waals surface area contributed by atoms with Crippen LogP contribution in [0.5, 0.6) is 0 Å². The number of nitro groups is 2. The predicted molar refractivity (Wildman–Crippen MR) is 124 cm³/mol. The maximum atomic E-state index is 13.5. The van der Waals surface area contributed by atoms with Crippen molar-refractivity contribution in [2.24, 2.45) is 4.99 Å². The summed E-state index contributed by atoms with van der Waals surface area (Å²) in [7, 11) is 0. The molecule has 0 bridgehead atoms. The molecule has 3 heterocycles. The fraction of sp³-hybridized carbons (Fsp3) is 0.227. The van der Waals surface area contributed by atoms with Gasteiger partial charge in [-0.1, -0.05) is 23.5 Å². The third-order valence-corrected chi connectivity index (χ3v) is 6.31.